The van der Waals surface area contributed by atoms with Gasteiger partial charge in [0.1, 0.15) is 5.41 Å². The lowest BCUT2D eigenvalue weighted by molar-refractivity contribution is 0.0834. The van der Waals surface area contributed by atoms with Gasteiger partial charge in [-0.05, 0) is 11.0 Å². The van der Waals surface area contributed by atoms with Gasteiger partial charge in [-0.25, -0.2) is 0 Å². The average molecular weight is 304 g/mol. The van der Waals surface area contributed by atoms with Crippen molar-refractivity contribution in [2.24, 2.45) is 5.41 Å². The molecule has 2 aromatic carbocycles. The van der Waals surface area contributed by atoms with Crippen LogP contribution in [0.3, 0.4) is 0 Å². The number of rotatable bonds is 2. The number of benzene rings is 2. The molecular weight excluding hydrogens is 284 g/mol. The summed E-state index contributed by atoms with van der Waals surface area (Å²) in [6.07, 6.45) is 3.76. The Kier molecular flexibility index (Phi) is 3.56. The number of Topliss-reactive ketones (excluding diaryl/α,β-unsaturated/α-hetero) is 2. The Bertz CT molecular complexity index is 757. The van der Waals surface area contributed by atoms with Crippen LogP contribution >= 0.6 is 0 Å². The number of ketones is 2. The van der Waals surface area contributed by atoms with Gasteiger partial charge in [0, 0.05) is 11.1 Å². The smallest absolute Gasteiger partial charge is 0.185 e. The molecule has 0 unspecified atom stereocenters. The van der Waals surface area contributed by atoms with E-state index in [9.17, 15) is 9.59 Å². The summed E-state index contributed by atoms with van der Waals surface area (Å²) in [4.78, 5) is 26.3. The summed E-state index contributed by atoms with van der Waals surface area (Å²) in [7, 11) is 0. The van der Waals surface area contributed by atoms with Gasteiger partial charge in [0.05, 0.1) is 0 Å². The molecule has 2 heteroatoms. The molecule has 0 amide bonds. The maximum absolute atomic E-state index is 13.2. The molecule has 0 saturated heterocycles. The molecule has 1 aliphatic carbocycles. The van der Waals surface area contributed by atoms with Crippen molar-refractivity contribution in [2.45, 2.75) is 26.2 Å². The first-order valence-electron chi connectivity index (χ1n) is 7.81. The Balaban J connectivity index is 2.26. The molecule has 1 aliphatic rings. The van der Waals surface area contributed by atoms with Gasteiger partial charge in [-0.3, -0.25) is 9.59 Å². The van der Waals surface area contributed by atoms with Gasteiger partial charge < -0.3 is 0 Å². The zero-order chi connectivity index (χ0) is 16.7. The van der Waals surface area contributed by atoms with Gasteiger partial charge in [-0.15, -0.1) is 0 Å². The van der Waals surface area contributed by atoms with Crippen LogP contribution in [0.4, 0.5) is 0 Å². The maximum Gasteiger partial charge on any atom is 0.185 e. The zero-order valence-corrected chi connectivity index (χ0v) is 13.7. The van der Waals surface area contributed by atoms with Crippen LogP contribution in [0.1, 0.15) is 47.1 Å². The van der Waals surface area contributed by atoms with Crippen LogP contribution in [0.5, 0.6) is 0 Å². The highest BCUT2D eigenvalue weighted by Crippen LogP contribution is 2.41. The van der Waals surface area contributed by atoms with Crippen molar-refractivity contribution in [1.29, 1.82) is 0 Å². The first-order valence-corrected chi connectivity index (χ1v) is 7.81. The Morgan fingerprint density at radius 1 is 0.783 bits per heavy atom. The zero-order valence-electron chi connectivity index (χ0n) is 13.7. The monoisotopic (exact) mass is 304 g/mol. The first-order chi connectivity index (χ1) is 10.9. The van der Waals surface area contributed by atoms with E-state index < -0.39 is 5.41 Å². The van der Waals surface area contributed by atoms with Crippen molar-refractivity contribution in [3.63, 3.8) is 0 Å². The molecule has 0 spiro atoms. The summed E-state index contributed by atoms with van der Waals surface area (Å²) >= 11 is 0. The van der Waals surface area contributed by atoms with Gasteiger partial charge in [0.2, 0.25) is 0 Å². The largest absolute Gasteiger partial charge is 0.292 e. The Morgan fingerprint density at radius 3 is 1.74 bits per heavy atom. The summed E-state index contributed by atoms with van der Waals surface area (Å²) in [6, 6.07) is 16.4. The molecular formula is C21H20O2. The second-order valence-electron chi connectivity index (χ2n) is 7.08. The molecule has 23 heavy (non-hydrogen) atoms. The normalized spacial score (nSPS) is 16.8. The number of hydrogen-bond donors (Lipinski definition) is 0. The second kappa shape index (κ2) is 5.31. The summed E-state index contributed by atoms with van der Waals surface area (Å²) in [5.41, 5.74) is 0.404. The van der Waals surface area contributed by atoms with Crippen molar-refractivity contribution >= 4 is 11.6 Å². The van der Waals surface area contributed by atoms with Crippen LogP contribution in [-0.2, 0) is 5.41 Å². The van der Waals surface area contributed by atoms with E-state index in [0.717, 1.165) is 5.56 Å². The lowest BCUT2D eigenvalue weighted by atomic mass is 9.74. The van der Waals surface area contributed by atoms with Crippen molar-refractivity contribution in [1.82, 2.24) is 0 Å². The molecule has 0 aliphatic heterocycles. The minimum atomic E-state index is -1.24. The molecule has 0 bridgehead atoms. The number of carbonyl (C=O) groups is 2. The van der Waals surface area contributed by atoms with Crippen molar-refractivity contribution in [2.75, 3.05) is 0 Å². The Hall–Kier alpha value is -2.48. The predicted molar refractivity (Wildman–Crippen MR) is 91.8 cm³/mol. The molecule has 116 valence electrons. The molecule has 0 heterocycles. The van der Waals surface area contributed by atoms with Gasteiger partial charge in [-0.2, -0.15) is 0 Å². The van der Waals surface area contributed by atoms with Crippen LogP contribution in [0.15, 0.2) is 66.7 Å². The molecule has 0 saturated carbocycles. The first kappa shape index (κ1) is 15.4. The van der Waals surface area contributed by atoms with E-state index in [2.05, 4.69) is 20.8 Å². The van der Waals surface area contributed by atoms with Gasteiger partial charge in [-0.1, -0.05) is 87.5 Å². The van der Waals surface area contributed by atoms with E-state index in [-0.39, 0.29) is 17.0 Å². The molecule has 2 nitrogen and oxygen atoms in total. The van der Waals surface area contributed by atoms with Crippen molar-refractivity contribution < 1.29 is 9.59 Å². The lowest BCUT2D eigenvalue weighted by Crippen LogP contribution is -2.36. The van der Waals surface area contributed by atoms with Crippen LogP contribution in [0, 0.1) is 5.41 Å². The molecule has 0 atom stereocenters. The maximum atomic E-state index is 13.2. The average Bonchev–Trinajstić information content (AvgIpc) is 2.75. The van der Waals surface area contributed by atoms with Gasteiger partial charge in [0.15, 0.2) is 11.6 Å². The number of allylic oxidation sites excluding steroid dienone is 2. The minimum absolute atomic E-state index is 0.114. The SMILES string of the molecule is CC(C)(C)/C=C/C1(c2ccccc2)C(=O)c2ccccc2C1=O. The summed E-state index contributed by atoms with van der Waals surface area (Å²) in [5.74, 6) is -0.269. The van der Waals surface area contributed by atoms with E-state index in [1.165, 1.54) is 0 Å². The van der Waals surface area contributed by atoms with Crippen LogP contribution in [0.2, 0.25) is 0 Å². The van der Waals surface area contributed by atoms with Crippen LogP contribution in [-0.4, -0.2) is 11.6 Å². The summed E-state index contributed by atoms with van der Waals surface area (Å²) in [5, 5.41) is 0. The minimum Gasteiger partial charge on any atom is -0.292 e. The van der Waals surface area contributed by atoms with Gasteiger partial charge in [0.25, 0.3) is 0 Å². The third kappa shape index (κ3) is 2.44. The molecule has 0 aromatic heterocycles. The highest BCUT2D eigenvalue weighted by Gasteiger charge is 2.52. The number of hydrogen-bond acceptors (Lipinski definition) is 2. The van der Waals surface area contributed by atoms with Gasteiger partial charge >= 0.3 is 0 Å². The quantitative estimate of drug-likeness (QED) is 0.600. The third-order valence-corrected chi connectivity index (χ3v) is 4.20. The third-order valence-electron chi connectivity index (χ3n) is 4.20. The van der Waals surface area contributed by atoms with Crippen LogP contribution in [0.25, 0.3) is 0 Å². The molecule has 2 aromatic rings. The fraction of sp³-hybridized carbons (Fsp3) is 0.238. The Morgan fingerprint density at radius 2 is 1.26 bits per heavy atom. The predicted octanol–water partition coefficient (Wildman–Crippen LogP) is 4.61. The van der Waals surface area contributed by atoms with E-state index in [1.807, 2.05) is 36.4 Å². The lowest BCUT2D eigenvalue weighted by Gasteiger charge is -2.24. The van der Waals surface area contributed by atoms with Crippen LogP contribution < -0.4 is 0 Å². The molecule has 0 fully saturated rings. The number of fused-ring (bicyclic) bond motifs is 1. The fourth-order valence-electron chi connectivity index (χ4n) is 2.99. The molecule has 0 N–H and O–H groups in total. The highest BCUT2D eigenvalue weighted by atomic mass is 16.2. The molecule has 3 rings (SSSR count). The van der Waals surface area contributed by atoms with E-state index >= 15 is 0 Å². The molecule has 0 radical (unpaired) electrons. The second-order valence-corrected chi connectivity index (χ2v) is 7.08. The highest BCUT2D eigenvalue weighted by molar-refractivity contribution is 6.34. The Labute approximate surface area is 136 Å². The van der Waals surface area contributed by atoms with Crippen molar-refractivity contribution in [3.8, 4) is 0 Å². The van der Waals surface area contributed by atoms with E-state index in [4.69, 9.17) is 0 Å². The van der Waals surface area contributed by atoms with E-state index in [0.29, 0.717) is 11.1 Å². The summed E-state index contributed by atoms with van der Waals surface area (Å²) < 4.78 is 0. The standard InChI is InChI=1S/C21H20O2/c1-20(2,3)13-14-21(15-9-5-4-6-10-15)18(22)16-11-7-8-12-17(16)19(21)23/h4-14H,1-3H3/b14-13+. The van der Waals surface area contributed by atoms with Crippen molar-refractivity contribution in [3.05, 3.63) is 83.4 Å². The fourth-order valence-corrected chi connectivity index (χ4v) is 2.99. The van der Waals surface area contributed by atoms with E-state index in [1.54, 1.807) is 30.3 Å². The summed E-state index contributed by atoms with van der Waals surface area (Å²) in [6.45, 7) is 6.16. The topological polar surface area (TPSA) is 34.1 Å². The number of carbonyl (C=O) groups excluding carboxylic acids is 2.